The third-order valence-electron chi connectivity index (χ3n) is 7.04. The zero-order valence-corrected chi connectivity index (χ0v) is 19.0. The van der Waals surface area contributed by atoms with Crippen LogP contribution in [-0.4, -0.2) is 62.3 Å². The molecule has 1 aromatic rings. The van der Waals surface area contributed by atoms with Gasteiger partial charge in [-0.3, -0.25) is 4.79 Å². The van der Waals surface area contributed by atoms with Crippen molar-refractivity contribution in [2.24, 2.45) is 5.92 Å². The van der Waals surface area contributed by atoms with Gasteiger partial charge in [0.1, 0.15) is 10.7 Å². The van der Waals surface area contributed by atoms with Crippen LogP contribution in [-0.2, 0) is 10.0 Å². The third-order valence-corrected chi connectivity index (χ3v) is 8.95. The van der Waals surface area contributed by atoms with Crippen LogP contribution in [0.1, 0.15) is 68.1 Å². The molecule has 172 valence electrons. The molecule has 3 fully saturated rings. The Morgan fingerprint density at radius 3 is 2.32 bits per heavy atom. The lowest BCUT2D eigenvalue weighted by molar-refractivity contribution is 0.0905. The van der Waals surface area contributed by atoms with E-state index < -0.39 is 20.7 Å². The summed E-state index contributed by atoms with van der Waals surface area (Å²) in [5, 5.41) is 3.03. The molecule has 1 N–H and O–H groups in total. The van der Waals surface area contributed by atoms with E-state index in [2.05, 4.69) is 10.2 Å². The number of carbonyl (C=O) groups excluding carboxylic acids is 1. The minimum Gasteiger partial charge on any atom is -0.349 e. The number of amides is 1. The molecule has 1 aliphatic carbocycles. The minimum absolute atomic E-state index is 0.0690. The normalized spacial score (nSPS) is 22.6. The quantitative estimate of drug-likeness (QED) is 0.720. The van der Waals surface area contributed by atoms with Crippen molar-refractivity contribution in [3.8, 4) is 0 Å². The molecule has 0 aromatic heterocycles. The number of benzene rings is 1. The van der Waals surface area contributed by atoms with Crippen LogP contribution in [0.3, 0.4) is 0 Å². The summed E-state index contributed by atoms with van der Waals surface area (Å²) in [6.45, 7) is 3.91. The Morgan fingerprint density at radius 1 is 0.968 bits per heavy atom. The number of hydrogen-bond donors (Lipinski definition) is 1. The third kappa shape index (κ3) is 5.46. The lowest BCUT2D eigenvalue weighted by atomic mass is 10.0. The summed E-state index contributed by atoms with van der Waals surface area (Å²) in [6.07, 6.45) is 9.69. The highest BCUT2D eigenvalue weighted by Gasteiger charge is 2.30. The lowest BCUT2D eigenvalue weighted by Gasteiger charge is -2.33. The number of hydrogen-bond acceptors (Lipinski definition) is 4. The van der Waals surface area contributed by atoms with Gasteiger partial charge in [-0.25, -0.2) is 12.8 Å². The Labute approximate surface area is 185 Å². The Kier molecular flexibility index (Phi) is 7.29. The fourth-order valence-corrected chi connectivity index (χ4v) is 6.78. The summed E-state index contributed by atoms with van der Waals surface area (Å²) in [5.74, 6) is -0.308. The molecule has 0 unspecified atom stereocenters. The molecule has 31 heavy (non-hydrogen) atoms. The molecule has 8 heteroatoms. The molecule has 6 nitrogen and oxygen atoms in total. The molecule has 0 bridgehead atoms. The maximum Gasteiger partial charge on any atom is 0.251 e. The molecular formula is C23H34FN3O3S. The number of nitrogens with zero attached hydrogens (tertiary/aromatic N) is 2. The van der Waals surface area contributed by atoms with Crippen molar-refractivity contribution in [1.82, 2.24) is 14.5 Å². The fourth-order valence-electron chi connectivity index (χ4n) is 5.17. The number of nitrogens with one attached hydrogen (secondary N) is 1. The topological polar surface area (TPSA) is 69.7 Å². The number of rotatable bonds is 6. The number of likely N-dealkylation sites (tertiary alicyclic amines) is 1. The van der Waals surface area contributed by atoms with Gasteiger partial charge in [0.05, 0.1) is 0 Å². The van der Waals surface area contributed by atoms with Crippen molar-refractivity contribution in [3.63, 3.8) is 0 Å². The first-order chi connectivity index (χ1) is 14.9. The van der Waals surface area contributed by atoms with Crippen LogP contribution >= 0.6 is 0 Å². The number of carbonyl (C=O) groups is 1. The second kappa shape index (κ2) is 9.96. The van der Waals surface area contributed by atoms with E-state index >= 15 is 0 Å². The van der Waals surface area contributed by atoms with Gasteiger partial charge in [0.2, 0.25) is 10.0 Å². The fraction of sp³-hybridized carbons (Fsp3) is 0.696. The summed E-state index contributed by atoms with van der Waals surface area (Å²) in [6, 6.07) is 3.73. The van der Waals surface area contributed by atoms with Gasteiger partial charge in [0.15, 0.2) is 0 Å². The first-order valence-electron chi connectivity index (χ1n) is 11.8. The summed E-state index contributed by atoms with van der Waals surface area (Å²) in [5.41, 5.74) is 0.199. The van der Waals surface area contributed by atoms with E-state index in [1.165, 1.54) is 42.1 Å². The molecule has 2 saturated heterocycles. The molecule has 1 amide bonds. The second-order valence-corrected chi connectivity index (χ2v) is 11.2. The zero-order chi connectivity index (χ0) is 21.8. The highest BCUT2D eigenvalue weighted by molar-refractivity contribution is 7.89. The van der Waals surface area contributed by atoms with Crippen LogP contribution in [0.25, 0.3) is 0 Å². The van der Waals surface area contributed by atoms with Gasteiger partial charge in [-0.05, 0) is 62.6 Å². The van der Waals surface area contributed by atoms with E-state index in [0.717, 1.165) is 63.7 Å². The van der Waals surface area contributed by atoms with E-state index in [1.54, 1.807) is 0 Å². The number of sulfonamides is 1. The zero-order valence-electron chi connectivity index (χ0n) is 18.2. The molecule has 0 atom stereocenters. The monoisotopic (exact) mass is 451 g/mol. The van der Waals surface area contributed by atoms with E-state index in [9.17, 15) is 17.6 Å². The average molecular weight is 452 g/mol. The summed E-state index contributed by atoms with van der Waals surface area (Å²) in [4.78, 5) is 14.9. The van der Waals surface area contributed by atoms with E-state index in [0.29, 0.717) is 13.1 Å². The Morgan fingerprint density at radius 2 is 1.65 bits per heavy atom. The average Bonchev–Trinajstić information content (AvgIpc) is 3.29. The summed E-state index contributed by atoms with van der Waals surface area (Å²) < 4.78 is 41.5. The van der Waals surface area contributed by atoms with Crippen molar-refractivity contribution in [1.29, 1.82) is 0 Å². The van der Waals surface area contributed by atoms with Crippen LogP contribution < -0.4 is 5.32 Å². The Bertz CT molecular complexity index is 872. The maximum absolute atomic E-state index is 14.4. The minimum atomic E-state index is -3.93. The van der Waals surface area contributed by atoms with Crippen molar-refractivity contribution < 1.29 is 17.6 Å². The maximum atomic E-state index is 14.4. The van der Waals surface area contributed by atoms with Crippen LogP contribution in [0, 0.1) is 11.7 Å². The van der Waals surface area contributed by atoms with Crippen molar-refractivity contribution in [3.05, 3.63) is 29.6 Å². The smallest absolute Gasteiger partial charge is 0.251 e. The highest BCUT2D eigenvalue weighted by Crippen LogP contribution is 2.27. The van der Waals surface area contributed by atoms with Gasteiger partial charge < -0.3 is 10.2 Å². The van der Waals surface area contributed by atoms with Crippen molar-refractivity contribution in [2.45, 2.75) is 68.7 Å². The predicted octanol–water partition coefficient (Wildman–Crippen LogP) is 3.38. The van der Waals surface area contributed by atoms with E-state index in [1.807, 2.05) is 0 Å². The predicted molar refractivity (Wildman–Crippen MR) is 118 cm³/mol. The summed E-state index contributed by atoms with van der Waals surface area (Å²) >= 11 is 0. The van der Waals surface area contributed by atoms with Crippen LogP contribution in [0.4, 0.5) is 4.39 Å². The Hall–Kier alpha value is -1.51. The van der Waals surface area contributed by atoms with E-state index in [4.69, 9.17) is 0 Å². The van der Waals surface area contributed by atoms with Gasteiger partial charge in [-0.2, -0.15) is 4.31 Å². The number of piperidine rings is 2. The standard InChI is InChI=1S/C23H34FN3O3S/c24-21-9-8-19(16-22(21)31(29,30)27-12-4-1-5-13-27)23(28)25-20-10-14-26(15-11-20)17-18-6-2-3-7-18/h8-9,16,18,20H,1-7,10-15,17H2,(H,25,28). The molecule has 0 radical (unpaired) electrons. The van der Waals surface area contributed by atoms with Gasteiger partial charge in [-0.15, -0.1) is 0 Å². The van der Waals surface area contributed by atoms with Crippen LogP contribution in [0.15, 0.2) is 23.1 Å². The van der Waals surface area contributed by atoms with Crippen LogP contribution in [0.5, 0.6) is 0 Å². The molecule has 1 aromatic carbocycles. The SMILES string of the molecule is O=C(NC1CCN(CC2CCCC2)CC1)c1ccc(F)c(S(=O)(=O)N2CCCCC2)c1. The van der Waals surface area contributed by atoms with Crippen LogP contribution in [0.2, 0.25) is 0 Å². The Balaban J connectivity index is 1.36. The second-order valence-electron chi connectivity index (χ2n) is 9.31. The lowest BCUT2D eigenvalue weighted by Crippen LogP contribution is -2.45. The van der Waals surface area contributed by atoms with Crippen molar-refractivity contribution in [2.75, 3.05) is 32.7 Å². The van der Waals surface area contributed by atoms with Gasteiger partial charge in [-0.1, -0.05) is 19.3 Å². The molecule has 2 aliphatic heterocycles. The first-order valence-corrected chi connectivity index (χ1v) is 13.2. The largest absolute Gasteiger partial charge is 0.349 e. The molecule has 4 rings (SSSR count). The van der Waals surface area contributed by atoms with Gasteiger partial charge in [0.25, 0.3) is 5.91 Å². The first kappa shape index (κ1) is 22.7. The highest BCUT2D eigenvalue weighted by atomic mass is 32.2. The summed E-state index contributed by atoms with van der Waals surface area (Å²) in [7, 11) is -3.93. The molecular weight excluding hydrogens is 417 g/mol. The van der Waals surface area contributed by atoms with Gasteiger partial charge in [0, 0.05) is 44.3 Å². The molecule has 2 heterocycles. The van der Waals surface area contributed by atoms with E-state index in [-0.39, 0.29) is 17.5 Å². The molecule has 3 aliphatic rings. The van der Waals surface area contributed by atoms with Crippen molar-refractivity contribution >= 4 is 15.9 Å². The molecule has 0 spiro atoms. The van der Waals surface area contributed by atoms with Gasteiger partial charge >= 0.3 is 0 Å². The molecule has 1 saturated carbocycles. The number of halogens is 1.